The number of aromatic nitrogens is 2. The average Bonchev–Trinajstić information content (AvgIpc) is 3.77. The minimum absolute atomic E-state index is 1.20. The zero-order chi connectivity index (χ0) is 36.7. The Morgan fingerprint density at radius 2 is 0.625 bits per heavy atom. The van der Waals surface area contributed by atoms with E-state index in [-0.39, 0.29) is 0 Å². The lowest BCUT2D eigenvalue weighted by Crippen LogP contribution is -1.95. The summed E-state index contributed by atoms with van der Waals surface area (Å²) in [4.78, 5) is 0. The van der Waals surface area contributed by atoms with Crippen molar-refractivity contribution in [3.05, 3.63) is 206 Å². The summed E-state index contributed by atoms with van der Waals surface area (Å²) in [7, 11) is 0. The van der Waals surface area contributed by atoms with Crippen molar-refractivity contribution in [3.8, 4) is 33.6 Å². The lowest BCUT2D eigenvalue weighted by atomic mass is 9.90. The van der Waals surface area contributed by atoms with Gasteiger partial charge in [-0.2, -0.15) is 0 Å². The number of hydrogen-bond donors (Lipinski definition) is 0. The molecular formula is C54H34N2. The number of fused-ring (bicyclic) bond motifs is 9. The maximum Gasteiger partial charge on any atom is 0.0541 e. The Hall–Kier alpha value is -7.42. The van der Waals surface area contributed by atoms with Crippen molar-refractivity contribution >= 4 is 75.9 Å². The van der Waals surface area contributed by atoms with Crippen molar-refractivity contribution in [2.75, 3.05) is 0 Å². The van der Waals surface area contributed by atoms with Crippen LogP contribution in [0.1, 0.15) is 0 Å². The summed E-state index contributed by atoms with van der Waals surface area (Å²) in [5.74, 6) is 0. The summed E-state index contributed by atoms with van der Waals surface area (Å²) in [6, 6.07) is 75.8. The lowest BCUT2D eigenvalue weighted by molar-refractivity contribution is 1.20. The van der Waals surface area contributed by atoms with E-state index >= 15 is 0 Å². The Bertz CT molecular complexity index is 3300. The highest BCUT2D eigenvalue weighted by atomic mass is 15.0. The van der Waals surface area contributed by atoms with Gasteiger partial charge in [0.15, 0.2) is 0 Å². The van der Waals surface area contributed by atoms with E-state index < -0.39 is 0 Å². The summed E-state index contributed by atoms with van der Waals surface area (Å²) in [5, 5.41) is 12.5. The fraction of sp³-hybridized carbons (Fsp3) is 0. The Morgan fingerprint density at radius 1 is 0.250 bits per heavy atom. The van der Waals surface area contributed by atoms with Gasteiger partial charge < -0.3 is 9.13 Å². The molecular weight excluding hydrogens is 677 g/mol. The van der Waals surface area contributed by atoms with Gasteiger partial charge in [-0.15, -0.1) is 0 Å². The van der Waals surface area contributed by atoms with Gasteiger partial charge in [-0.05, 0) is 92.3 Å². The number of benzene rings is 10. The standard InChI is InChI=1S/C54H34N2/c1-3-19-40-35(13-1)15-11-27-48(40)55-50-25-7-5-21-44(50)46-33-38(29-31-52(46)55)42-23-9-17-37-18-10-24-43(54(37)42)39-30-32-53-47(34-39)45-22-6-8-26-51(45)56(53)49-28-12-16-36-14-2-4-20-41(36)49/h1-34H. The fourth-order valence-electron chi connectivity index (χ4n) is 9.43. The van der Waals surface area contributed by atoms with Gasteiger partial charge in [-0.1, -0.05) is 158 Å². The normalized spacial score (nSPS) is 11.9. The highest BCUT2D eigenvalue weighted by Crippen LogP contribution is 2.42. The highest BCUT2D eigenvalue weighted by Gasteiger charge is 2.19. The Balaban J connectivity index is 1.07. The Labute approximate surface area is 323 Å². The molecule has 0 aliphatic rings. The summed E-state index contributed by atoms with van der Waals surface area (Å²) in [6.07, 6.45) is 0. The van der Waals surface area contributed by atoms with Crippen LogP contribution >= 0.6 is 0 Å². The maximum absolute atomic E-state index is 2.44. The van der Waals surface area contributed by atoms with Gasteiger partial charge in [0.05, 0.1) is 33.4 Å². The first-order valence-electron chi connectivity index (χ1n) is 19.4. The zero-order valence-corrected chi connectivity index (χ0v) is 30.5. The second kappa shape index (κ2) is 12.0. The Kier molecular flexibility index (Phi) is 6.66. The average molecular weight is 711 g/mol. The van der Waals surface area contributed by atoms with Gasteiger partial charge >= 0.3 is 0 Å². The molecule has 0 amide bonds. The molecule has 0 saturated carbocycles. The minimum Gasteiger partial charge on any atom is -0.309 e. The van der Waals surface area contributed by atoms with E-state index in [1.807, 2.05) is 0 Å². The van der Waals surface area contributed by atoms with Crippen molar-refractivity contribution in [2.45, 2.75) is 0 Å². The van der Waals surface area contributed by atoms with Gasteiger partial charge in [0.25, 0.3) is 0 Å². The fourth-order valence-corrected chi connectivity index (χ4v) is 9.43. The SMILES string of the molecule is c1ccc2c(-n3c4ccccc4c4cc(-c5cccc6cccc(-c7ccc8c(c7)c7ccccc7n8-c7cccc8ccccc78)c56)ccc43)cccc2c1. The summed E-state index contributed by atoms with van der Waals surface area (Å²) in [6.45, 7) is 0. The number of hydrogen-bond acceptors (Lipinski definition) is 0. The summed E-state index contributed by atoms with van der Waals surface area (Å²) >= 11 is 0. The molecule has 2 heteroatoms. The number of nitrogens with zero attached hydrogens (tertiary/aromatic N) is 2. The molecule has 2 heterocycles. The van der Waals surface area contributed by atoms with Crippen LogP contribution < -0.4 is 0 Å². The molecule has 0 fully saturated rings. The first kappa shape index (κ1) is 31.0. The number of para-hydroxylation sites is 2. The molecule has 0 saturated heterocycles. The quantitative estimate of drug-likeness (QED) is 0.172. The van der Waals surface area contributed by atoms with E-state index in [4.69, 9.17) is 0 Å². The maximum atomic E-state index is 2.44. The second-order valence-electron chi connectivity index (χ2n) is 14.9. The van der Waals surface area contributed by atoms with Crippen LogP contribution in [-0.4, -0.2) is 9.13 Å². The van der Waals surface area contributed by atoms with Crippen LogP contribution in [0.15, 0.2) is 206 Å². The van der Waals surface area contributed by atoms with Crippen LogP contribution in [0.3, 0.4) is 0 Å². The zero-order valence-electron chi connectivity index (χ0n) is 30.5. The van der Waals surface area contributed by atoms with Gasteiger partial charge in [-0.25, -0.2) is 0 Å². The van der Waals surface area contributed by atoms with Gasteiger partial charge in [0, 0.05) is 32.3 Å². The molecule has 12 aromatic rings. The number of rotatable bonds is 4. The molecule has 0 aliphatic carbocycles. The van der Waals surface area contributed by atoms with Crippen molar-refractivity contribution in [3.63, 3.8) is 0 Å². The van der Waals surface area contributed by atoms with Gasteiger partial charge in [0.2, 0.25) is 0 Å². The molecule has 2 nitrogen and oxygen atoms in total. The van der Waals surface area contributed by atoms with E-state index in [2.05, 4.69) is 215 Å². The molecule has 12 rings (SSSR count). The Morgan fingerprint density at radius 3 is 1.12 bits per heavy atom. The largest absolute Gasteiger partial charge is 0.309 e. The smallest absolute Gasteiger partial charge is 0.0541 e. The monoisotopic (exact) mass is 710 g/mol. The lowest BCUT2D eigenvalue weighted by Gasteiger charge is -2.14. The molecule has 0 aliphatic heterocycles. The molecule has 56 heavy (non-hydrogen) atoms. The molecule has 2 aromatic heterocycles. The van der Waals surface area contributed by atoms with Crippen molar-refractivity contribution < 1.29 is 0 Å². The highest BCUT2D eigenvalue weighted by molar-refractivity contribution is 6.15. The molecule has 10 aromatic carbocycles. The van der Waals surface area contributed by atoms with Crippen LogP contribution in [-0.2, 0) is 0 Å². The van der Waals surface area contributed by atoms with Crippen LogP contribution in [0.2, 0.25) is 0 Å². The third kappa shape index (κ3) is 4.50. The predicted octanol–water partition coefficient (Wildman–Crippen LogP) is 14.7. The molecule has 0 unspecified atom stereocenters. The van der Waals surface area contributed by atoms with Crippen molar-refractivity contribution in [1.29, 1.82) is 0 Å². The summed E-state index contributed by atoms with van der Waals surface area (Å²) < 4.78 is 4.88. The third-order valence-corrected chi connectivity index (χ3v) is 11.9. The molecule has 0 spiro atoms. The second-order valence-corrected chi connectivity index (χ2v) is 14.9. The third-order valence-electron chi connectivity index (χ3n) is 11.9. The van der Waals surface area contributed by atoms with Gasteiger partial charge in [0.1, 0.15) is 0 Å². The van der Waals surface area contributed by atoms with E-state index in [9.17, 15) is 0 Å². The molecule has 0 N–H and O–H groups in total. The molecule has 0 atom stereocenters. The summed E-state index contributed by atoms with van der Waals surface area (Å²) in [5.41, 5.74) is 12.1. The van der Waals surface area contributed by atoms with Crippen LogP contribution in [0, 0.1) is 0 Å². The van der Waals surface area contributed by atoms with E-state index in [1.54, 1.807) is 0 Å². The van der Waals surface area contributed by atoms with E-state index in [1.165, 1.54) is 110 Å². The molecule has 0 bridgehead atoms. The molecule has 260 valence electrons. The van der Waals surface area contributed by atoms with Crippen molar-refractivity contribution in [1.82, 2.24) is 9.13 Å². The molecule has 0 radical (unpaired) electrons. The van der Waals surface area contributed by atoms with Gasteiger partial charge in [-0.3, -0.25) is 0 Å². The topological polar surface area (TPSA) is 9.86 Å². The van der Waals surface area contributed by atoms with Crippen molar-refractivity contribution in [2.24, 2.45) is 0 Å². The first-order chi connectivity index (χ1) is 27.8. The van der Waals surface area contributed by atoms with Crippen LogP contribution in [0.5, 0.6) is 0 Å². The minimum atomic E-state index is 1.20. The van der Waals surface area contributed by atoms with E-state index in [0.29, 0.717) is 0 Å². The van der Waals surface area contributed by atoms with Crippen LogP contribution in [0.25, 0.3) is 110 Å². The predicted molar refractivity (Wildman–Crippen MR) is 239 cm³/mol. The first-order valence-corrected chi connectivity index (χ1v) is 19.4. The van der Waals surface area contributed by atoms with E-state index in [0.717, 1.165) is 0 Å². The van der Waals surface area contributed by atoms with Crippen LogP contribution in [0.4, 0.5) is 0 Å².